The fraction of sp³-hybridized carbons (Fsp3) is 1.00. The van der Waals surface area contributed by atoms with Crippen molar-refractivity contribution in [2.75, 3.05) is 19.6 Å². The summed E-state index contributed by atoms with van der Waals surface area (Å²) in [5.41, 5.74) is -0.0901. The van der Waals surface area contributed by atoms with Gasteiger partial charge in [-0.15, -0.1) is 0 Å². The molecule has 3 heteroatoms. The van der Waals surface area contributed by atoms with Crippen molar-refractivity contribution < 1.29 is 4.74 Å². The van der Waals surface area contributed by atoms with Crippen LogP contribution in [0.5, 0.6) is 0 Å². The van der Waals surface area contributed by atoms with E-state index in [1.54, 1.807) is 0 Å². The Morgan fingerprint density at radius 1 is 1.20 bits per heavy atom. The maximum atomic E-state index is 6.11. The SMILES string of the molecule is CC1(C)CNC(C)(CC2CCNCC2)O1. The minimum Gasteiger partial charge on any atom is -0.354 e. The predicted molar refractivity (Wildman–Crippen MR) is 61.8 cm³/mol. The van der Waals surface area contributed by atoms with Gasteiger partial charge in [-0.1, -0.05) is 0 Å². The van der Waals surface area contributed by atoms with Crippen molar-refractivity contribution in [3.63, 3.8) is 0 Å². The molecule has 88 valence electrons. The second-order valence-corrected chi connectivity index (χ2v) is 5.84. The van der Waals surface area contributed by atoms with E-state index >= 15 is 0 Å². The van der Waals surface area contributed by atoms with Crippen LogP contribution in [0.1, 0.15) is 40.0 Å². The summed E-state index contributed by atoms with van der Waals surface area (Å²) in [7, 11) is 0. The van der Waals surface area contributed by atoms with Gasteiger partial charge in [0.25, 0.3) is 0 Å². The zero-order valence-electron chi connectivity index (χ0n) is 10.2. The van der Waals surface area contributed by atoms with E-state index < -0.39 is 0 Å². The quantitative estimate of drug-likeness (QED) is 0.727. The van der Waals surface area contributed by atoms with Crippen LogP contribution >= 0.6 is 0 Å². The molecule has 2 saturated heterocycles. The van der Waals surface area contributed by atoms with Gasteiger partial charge in [-0.05, 0) is 59.0 Å². The average Bonchev–Trinajstić information content (AvgIpc) is 2.42. The number of piperidine rings is 1. The second kappa shape index (κ2) is 4.04. The van der Waals surface area contributed by atoms with E-state index in [-0.39, 0.29) is 11.3 Å². The number of ether oxygens (including phenoxy) is 1. The highest BCUT2D eigenvalue weighted by Crippen LogP contribution is 2.32. The van der Waals surface area contributed by atoms with Crippen molar-refractivity contribution in [3.8, 4) is 0 Å². The maximum Gasteiger partial charge on any atom is 0.117 e. The van der Waals surface area contributed by atoms with Gasteiger partial charge in [0.2, 0.25) is 0 Å². The minimum atomic E-state index is -0.0918. The first kappa shape index (κ1) is 11.4. The van der Waals surface area contributed by atoms with Crippen LogP contribution in [0.25, 0.3) is 0 Å². The van der Waals surface area contributed by atoms with Gasteiger partial charge in [-0.25, -0.2) is 0 Å². The Morgan fingerprint density at radius 3 is 2.40 bits per heavy atom. The van der Waals surface area contributed by atoms with Gasteiger partial charge in [0.05, 0.1) is 5.60 Å². The third kappa shape index (κ3) is 2.92. The highest BCUT2D eigenvalue weighted by molar-refractivity contribution is 4.91. The largest absolute Gasteiger partial charge is 0.354 e. The molecule has 0 aliphatic carbocycles. The smallest absolute Gasteiger partial charge is 0.117 e. The van der Waals surface area contributed by atoms with E-state index in [2.05, 4.69) is 31.4 Å². The van der Waals surface area contributed by atoms with Gasteiger partial charge in [0.15, 0.2) is 0 Å². The molecule has 0 aromatic carbocycles. The van der Waals surface area contributed by atoms with Gasteiger partial charge >= 0.3 is 0 Å². The van der Waals surface area contributed by atoms with E-state index in [1.807, 2.05) is 0 Å². The van der Waals surface area contributed by atoms with Crippen LogP contribution < -0.4 is 10.6 Å². The molecule has 2 heterocycles. The first-order valence-corrected chi connectivity index (χ1v) is 6.15. The molecular formula is C12H24N2O. The number of hydrogen-bond acceptors (Lipinski definition) is 3. The fourth-order valence-corrected chi connectivity index (χ4v) is 2.83. The Morgan fingerprint density at radius 2 is 1.87 bits per heavy atom. The molecule has 2 rings (SSSR count). The standard InChI is InChI=1S/C12H24N2O/c1-11(2)9-14-12(3,15-11)8-10-4-6-13-7-5-10/h10,13-14H,4-9H2,1-3H3. The molecule has 1 atom stereocenters. The Kier molecular flexibility index (Phi) is 3.06. The lowest BCUT2D eigenvalue weighted by molar-refractivity contribution is -0.0923. The van der Waals surface area contributed by atoms with Crippen LogP contribution in [0.3, 0.4) is 0 Å². The molecule has 2 N–H and O–H groups in total. The maximum absolute atomic E-state index is 6.11. The number of rotatable bonds is 2. The topological polar surface area (TPSA) is 33.3 Å². The van der Waals surface area contributed by atoms with Crippen molar-refractivity contribution in [2.24, 2.45) is 5.92 Å². The molecule has 15 heavy (non-hydrogen) atoms. The van der Waals surface area contributed by atoms with Crippen molar-refractivity contribution in [2.45, 2.75) is 51.4 Å². The third-order valence-electron chi connectivity index (χ3n) is 3.53. The summed E-state index contributed by atoms with van der Waals surface area (Å²) in [5, 5.41) is 6.94. The zero-order chi connectivity index (χ0) is 10.9. The van der Waals surface area contributed by atoms with Gasteiger partial charge in [0.1, 0.15) is 5.72 Å². The first-order valence-electron chi connectivity index (χ1n) is 6.15. The third-order valence-corrected chi connectivity index (χ3v) is 3.53. The lowest BCUT2D eigenvalue weighted by atomic mass is 9.90. The summed E-state index contributed by atoms with van der Waals surface area (Å²) in [6, 6.07) is 0. The second-order valence-electron chi connectivity index (χ2n) is 5.84. The minimum absolute atomic E-state index is 0.00165. The highest BCUT2D eigenvalue weighted by Gasteiger charge is 2.41. The van der Waals surface area contributed by atoms with Crippen LogP contribution in [-0.2, 0) is 4.74 Å². The van der Waals surface area contributed by atoms with Gasteiger partial charge in [0, 0.05) is 6.54 Å². The normalized spacial score (nSPS) is 37.0. The summed E-state index contributed by atoms with van der Waals surface area (Å²) in [6.45, 7) is 9.83. The molecule has 0 amide bonds. The van der Waals surface area contributed by atoms with E-state index in [4.69, 9.17) is 4.74 Å². The van der Waals surface area contributed by atoms with Gasteiger partial charge in [-0.3, -0.25) is 5.32 Å². The van der Waals surface area contributed by atoms with Crippen molar-refractivity contribution in [3.05, 3.63) is 0 Å². The van der Waals surface area contributed by atoms with Crippen LogP contribution in [0, 0.1) is 5.92 Å². The zero-order valence-corrected chi connectivity index (χ0v) is 10.2. The molecule has 0 aromatic heterocycles. The van der Waals surface area contributed by atoms with Crippen LogP contribution in [0.15, 0.2) is 0 Å². The molecule has 1 unspecified atom stereocenters. The lowest BCUT2D eigenvalue weighted by Crippen LogP contribution is -2.42. The Balaban J connectivity index is 1.88. The van der Waals surface area contributed by atoms with Gasteiger partial charge in [-0.2, -0.15) is 0 Å². The van der Waals surface area contributed by atoms with Crippen molar-refractivity contribution >= 4 is 0 Å². The highest BCUT2D eigenvalue weighted by atomic mass is 16.5. The number of nitrogens with one attached hydrogen (secondary N) is 2. The fourth-order valence-electron chi connectivity index (χ4n) is 2.83. The molecular weight excluding hydrogens is 188 g/mol. The molecule has 0 spiro atoms. The first-order chi connectivity index (χ1) is 6.99. The van der Waals surface area contributed by atoms with Crippen LogP contribution in [0.2, 0.25) is 0 Å². The Bertz CT molecular complexity index is 224. The van der Waals surface area contributed by atoms with E-state index in [1.165, 1.54) is 25.9 Å². The van der Waals surface area contributed by atoms with E-state index in [0.29, 0.717) is 0 Å². The molecule has 2 fully saturated rings. The average molecular weight is 212 g/mol. The molecule has 3 nitrogen and oxygen atoms in total. The van der Waals surface area contributed by atoms with E-state index in [9.17, 15) is 0 Å². The summed E-state index contributed by atoms with van der Waals surface area (Å²) in [5.74, 6) is 0.817. The Hall–Kier alpha value is -0.120. The van der Waals surface area contributed by atoms with Gasteiger partial charge < -0.3 is 10.1 Å². The molecule has 0 radical (unpaired) electrons. The van der Waals surface area contributed by atoms with Crippen molar-refractivity contribution in [1.82, 2.24) is 10.6 Å². The Labute approximate surface area is 93.0 Å². The lowest BCUT2D eigenvalue weighted by Gasteiger charge is -2.33. The molecule has 2 aliphatic rings. The molecule has 0 bridgehead atoms. The van der Waals surface area contributed by atoms with E-state index in [0.717, 1.165) is 18.9 Å². The predicted octanol–water partition coefficient (Wildman–Crippen LogP) is 1.49. The molecule has 2 aliphatic heterocycles. The molecule has 0 aromatic rings. The molecule has 0 saturated carbocycles. The monoisotopic (exact) mass is 212 g/mol. The summed E-state index contributed by atoms with van der Waals surface area (Å²) in [4.78, 5) is 0. The van der Waals surface area contributed by atoms with Crippen molar-refractivity contribution in [1.29, 1.82) is 0 Å². The summed E-state index contributed by atoms with van der Waals surface area (Å²) in [6.07, 6.45) is 3.74. The summed E-state index contributed by atoms with van der Waals surface area (Å²) >= 11 is 0. The van der Waals surface area contributed by atoms with Crippen LogP contribution in [-0.4, -0.2) is 31.0 Å². The van der Waals surface area contributed by atoms with Crippen LogP contribution in [0.4, 0.5) is 0 Å². The summed E-state index contributed by atoms with van der Waals surface area (Å²) < 4.78 is 6.11. The number of hydrogen-bond donors (Lipinski definition) is 2.